The molecule has 0 saturated carbocycles. The minimum absolute atomic E-state index is 0.897. The summed E-state index contributed by atoms with van der Waals surface area (Å²) in [5.74, 6) is 0.897. The lowest BCUT2D eigenvalue weighted by molar-refractivity contribution is 0.776. The fourth-order valence-electron chi connectivity index (χ4n) is 1.22. The predicted octanol–water partition coefficient (Wildman–Crippen LogP) is 1.87. The Kier molecular flexibility index (Phi) is 5.85. The minimum Gasteiger partial charge on any atom is -0.356 e. The second-order valence-electron chi connectivity index (χ2n) is 3.26. The van der Waals surface area contributed by atoms with Crippen LogP contribution >= 0.6 is 11.3 Å². The third-order valence-electron chi connectivity index (χ3n) is 2.01. The summed E-state index contributed by atoms with van der Waals surface area (Å²) in [5.41, 5.74) is 0. The molecule has 0 aliphatic rings. The summed E-state index contributed by atoms with van der Waals surface area (Å²) in [6.45, 7) is 4.05. The van der Waals surface area contributed by atoms with E-state index in [9.17, 15) is 0 Å². The average molecular weight is 225 g/mol. The van der Waals surface area contributed by atoms with E-state index in [4.69, 9.17) is 0 Å². The molecule has 0 aliphatic carbocycles. The van der Waals surface area contributed by atoms with Crippen LogP contribution < -0.4 is 10.6 Å². The van der Waals surface area contributed by atoms with E-state index in [0.29, 0.717) is 0 Å². The lowest BCUT2D eigenvalue weighted by Gasteiger charge is -2.10. The molecule has 1 heterocycles. The number of thiophene rings is 1. The molecule has 0 fully saturated rings. The first-order valence-electron chi connectivity index (χ1n) is 5.33. The molecule has 0 radical (unpaired) electrons. The molecule has 3 nitrogen and oxygen atoms in total. The van der Waals surface area contributed by atoms with E-state index < -0.39 is 0 Å². The number of hydrogen-bond donors (Lipinski definition) is 2. The Labute approximate surface area is 95.6 Å². The zero-order valence-corrected chi connectivity index (χ0v) is 10.2. The first-order valence-corrected chi connectivity index (χ1v) is 6.21. The molecule has 0 aromatic carbocycles. The van der Waals surface area contributed by atoms with Crippen LogP contribution in [0.3, 0.4) is 0 Å². The van der Waals surface area contributed by atoms with Crippen LogP contribution in [0.4, 0.5) is 0 Å². The molecule has 4 heteroatoms. The Morgan fingerprint density at radius 3 is 2.80 bits per heavy atom. The molecular weight excluding hydrogens is 206 g/mol. The predicted molar refractivity (Wildman–Crippen MR) is 67.7 cm³/mol. The Hall–Kier alpha value is -1.03. The van der Waals surface area contributed by atoms with E-state index in [-0.39, 0.29) is 0 Å². The van der Waals surface area contributed by atoms with Crippen molar-refractivity contribution in [1.82, 2.24) is 10.6 Å². The Morgan fingerprint density at radius 1 is 1.40 bits per heavy atom. The highest BCUT2D eigenvalue weighted by molar-refractivity contribution is 7.09. The highest BCUT2D eigenvalue weighted by Gasteiger charge is 1.96. The number of nitrogens with zero attached hydrogens (tertiary/aromatic N) is 1. The molecular formula is C11H19N3S. The fraction of sp³-hybridized carbons (Fsp3) is 0.545. The van der Waals surface area contributed by atoms with Gasteiger partial charge >= 0.3 is 0 Å². The Bertz CT molecular complexity index is 280. The maximum Gasteiger partial charge on any atom is 0.190 e. The molecule has 0 unspecified atom stereocenters. The first kappa shape index (κ1) is 12.0. The van der Waals surface area contributed by atoms with Crippen molar-refractivity contribution in [2.24, 2.45) is 4.99 Å². The highest BCUT2D eigenvalue weighted by atomic mass is 32.1. The molecule has 1 aromatic rings. The molecule has 84 valence electrons. The van der Waals surface area contributed by atoms with Crippen molar-refractivity contribution in [2.75, 3.05) is 20.1 Å². The molecule has 2 N–H and O–H groups in total. The van der Waals surface area contributed by atoms with Crippen LogP contribution in [0.15, 0.2) is 22.5 Å². The van der Waals surface area contributed by atoms with Crippen molar-refractivity contribution in [3.05, 3.63) is 22.4 Å². The van der Waals surface area contributed by atoms with Crippen LogP contribution in [-0.4, -0.2) is 26.1 Å². The normalized spacial score (nSPS) is 11.5. The van der Waals surface area contributed by atoms with E-state index in [0.717, 1.165) is 31.9 Å². The van der Waals surface area contributed by atoms with Gasteiger partial charge in [0.15, 0.2) is 5.96 Å². The number of nitrogens with one attached hydrogen (secondary N) is 2. The van der Waals surface area contributed by atoms with Gasteiger partial charge in [-0.25, -0.2) is 0 Å². The molecule has 1 rings (SSSR count). The van der Waals surface area contributed by atoms with Gasteiger partial charge in [0, 0.05) is 25.0 Å². The van der Waals surface area contributed by atoms with E-state index in [2.05, 4.69) is 40.1 Å². The largest absolute Gasteiger partial charge is 0.356 e. The van der Waals surface area contributed by atoms with Gasteiger partial charge in [-0.15, -0.1) is 11.3 Å². The Balaban J connectivity index is 2.17. The maximum absolute atomic E-state index is 4.14. The van der Waals surface area contributed by atoms with Crippen molar-refractivity contribution in [1.29, 1.82) is 0 Å². The SMILES string of the molecule is CCCNC(=NC)NCCc1cccs1. The van der Waals surface area contributed by atoms with Crippen molar-refractivity contribution in [2.45, 2.75) is 19.8 Å². The Morgan fingerprint density at radius 2 is 2.20 bits per heavy atom. The summed E-state index contributed by atoms with van der Waals surface area (Å²) < 4.78 is 0. The number of aliphatic imine (C=N–C) groups is 1. The molecule has 0 atom stereocenters. The average Bonchev–Trinajstić information content (AvgIpc) is 2.76. The zero-order chi connectivity index (χ0) is 10.9. The molecule has 0 aliphatic heterocycles. The number of hydrogen-bond acceptors (Lipinski definition) is 2. The van der Waals surface area contributed by atoms with Gasteiger partial charge in [0.05, 0.1) is 0 Å². The van der Waals surface area contributed by atoms with Crippen LogP contribution in [0.2, 0.25) is 0 Å². The van der Waals surface area contributed by atoms with Crippen LogP contribution in [-0.2, 0) is 6.42 Å². The van der Waals surface area contributed by atoms with Gasteiger partial charge in [-0.2, -0.15) is 0 Å². The molecule has 0 amide bonds. The summed E-state index contributed by atoms with van der Waals surface area (Å²) in [7, 11) is 1.80. The van der Waals surface area contributed by atoms with Gasteiger partial charge in [-0.1, -0.05) is 13.0 Å². The summed E-state index contributed by atoms with van der Waals surface area (Å²) in [6, 6.07) is 4.25. The second-order valence-corrected chi connectivity index (χ2v) is 4.29. The third kappa shape index (κ3) is 4.83. The molecule has 0 bridgehead atoms. The van der Waals surface area contributed by atoms with E-state index in [1.54, 1.807) is 18.4 Å². The summed E-state index contributed by atoms with van der Waals surface area (Å²) >= 11 is 1.80. The van der Waals surface area contributed by atoms with Crippen molar-refractivity contribution < 1.29 is 0 Å². The lowest BCUT2D eigenvalue weighted by atomic mass is 10.3. The van der Waals surface area contributed by atoms with Gasteiger partial charge in [-0.05, 0) is 24.3 Å². The monoisotopic (exact) mass is 225 g/mol. The molecule has 0 spiro atoms. The first-order chi connectivity index (χ1) is 7.36. The van der Waals surface area contributed by atoms with Gasteiger partial charge < -0.3 is 10.6 Å². The number of guanidine groups is 1. The van der Waals surface area contributed by atoms with E-state index in [1.807, 2.05) is 0 Å². The molecule has 0 saturated heterocycles. The quantitative estimate of drug-likeness (QED) is 0.593. The van der Waals surface area contributed by atoms with Gasteiger partial charge in [0.25, 0.3) is 0 Å². The zero-order valence-electron chi connectivity index (χ0n) is 9.42. The maximum atomic E-state index is 4.14. The molecule has 15 heavy (non-hydrogen) atoms. The van der Waals surface area contributed by atoms with Crippen LogP contribution in [0.25, 0.3) is 0 Å². The van der Waals surface area contributed by atoms with Crippen LogP contribution in [0.5, 0.6) is 0 Å². The van der Waals surface area contributed by atoms with Crippen LogP contribution in [0, 0.1) is 0 Å². The van der Waals surface area contributed by atoms with Crippen molar-refractivity contribution in [3.8, 4) is 0 Å². The topological polar surface area (TPSA) is 36.4 Å². The van der Waals surface area contributed by atoms with Gasteiger partial charge in [0.1, 0.15) is 0 Å². The molecule has 1 aromatic heterocycles. The minimum atomic E-state index is 0.897. The van der Waals surface area contributed by atoms with Gasteiger partial charge in [-0.3, -0.25) is 4.99 Å². The van der Waals surface area contributed by atoms with Crippen molar-refractivity contribution in [3.63, 3.8) is 0 Å². The smallest absolute Gasteiger partial charge is 0.190 e. The fourth-order valence-corrected chi connectivity index (χ4v) is 1.93. The summed E-state index contributed by atoms with van der Waals surface area (Å²) in [4.78, 5) is 5.55. The second kappa shape index (κ2) is 7.29. The highest BCUT2D eigenvalue weighted by Crippen LogP contribution is 2.07. The van der Waals surface area contributed by atoms with Crippen LogP contribution in [0.1, 0.15) is 18.2 Å². The lowest BCUT2D eigenvalue weighted by Crippen LogP contribution is -2.38. The van der Waals surface area contributed by atoms with E-state index in [1.165, 1.54) is 4.88 Å². The standard InChI is InChI=1S/C11H19N3S/c1-3-7-13-11(12-2)14-8-6-10-5-4-9-15-10/h4-5,9H,3,6-8H2,1-2H3,(H2,12,13,14). The van der Waals surface area contributed by atoms with Gasteiger partial charge in [0.2, 0.25) is 0 Å². The number of rotatable bonds is 5. The summed E-state index contributed by atoms with van der Waals surface area (Å²) in [6.07, 6.45) is 2.18. The summed E-state index contributed by atoms with van der Waals surface area (Å²) in [5, 5.41) is 8.64. The van der Waals surface area contributed by atoms with Crippen molar-refractivity contribution >= 4 is 17.3 Å². The third-order valence-corrected chi connectivity index (χ3v) is 2.95. The van der Waals surface area contributed by atoms with E-state index >= 15 is 0 Å².